The lowest BCUT2D eigenvalue weighted by Gasteiger charge is -2.13. The van der Waals surface area contributed by atoms with Crippen LogP contribution in [-0.2, 0) is 12.8 Å². The van der Waals surface area contributed by atoms with Crippen molar-refractivity contribution in [3.05, 3.63) is 87.0 Å². The highest BCUT2D eigenvalue weighted by Gasteiger charge is 2.12. The molecule has 3 N–H and O–H groups in total. The zero-order chi connectivity index (χ0) is 19.7. The summed E-state index contributed by atoms with van der Waals surface area (Å²) in [5.41, 5.74) is 7.23. The zero-order valence-corrected chi connectivity index (χ0v) is 16.3. The zero-order valence-electron chi connectivity index (χ0n) is 16.3. The number of phenols is 3. The van der Waals surface area contributed by atoms with Gasteiger partial charge in [0.1, 0.15) is 17.2 Å². The molecule has 0 fully saturated rings. The highest BCUT2D eigenvalue weighted by molar-refractivity contribution is 5.49. The van der Waals surface area contributed by atoms with E-state index in [-0.39, 0.29) is 0 Å². The first-order chi connectivity index (χ1) is 12.8. The van der Waals surface area contributed by atoms with Gasteiger partial charge in [-0.25, -0.2) is 0 Å². The topological polar surface area (TPSA) is 60.7 Å². The van der Waals surface area contributed by atoms with E-state index in [9.17, 15) is 15.3 Å². The van der Waals surface area contributed by atoms with E-state index in [0.717, 1.165) is 44.5 Å². The minimum absolute atomic E-state index is 0.310. The predicted molar refractivity (Wildman–Crippen MR) is 109 cm³/mol. The monoisotopic (exact) mass is 362 g/mol. The van der Waals surface area contributed by atoms with E-state index in [1.807, 2.05) is 70.2 Å². The van der Waals surface area contributed by atoms with Gasteiger partial charge in [-0.3, -0.25) is 0 Å². The smallest absolute Gasteiger partial charge is 0.122 e. The second kappa shape index (κ2) is 7.36. The van der Waals surface area contributed by atoms with Crippen LogP contribution in [0.3, 0.4) is 0 Å². The predicted octanol–water partition coefficient (Wildman–Crippen LogP) is 5.22. The van der Waals surface area contributed by atoms with E-state index in [4.69, 9.17) is 0 Å². The van der Waals surface area contributed by atoms with Crippen LogP contribution in [0.1, 0.15) is 44.5 Å². The molecule has 0 spiro atoms. The number of para-hydroxylation sites is 1. The molecule has 3 heteroatoms. The Morgan fingerprint density at radius 3 is 1.22 bits per heavy atom. The fourth-order valence-corrected chi connectivity index (χ4v) is 3.66. The van der Waals surface area contributed by atoms with Gasteiger partial charge in [-0.05, 0) is 72.2 Å². The van der Waals surface area contributed by atoms with Crippen LogP contribution in [-0.4, -0.2) is 15.3 Å². The second-order valence-corrected chi connectivity index (χ2v) is 7.43. The minimum atomic E-state index is 0.310. The Hall–Kier alpha value is -2.94. The molecule has 3 aromatic carbocycles. The molecular weight excluding hydrogens is 336 g/mol. The summed E-state index contributed by atoms with van der Waals surface area (Å²) in [4.78, 5) is 0. The average molecular weight is 362 g/mol. The van der Waals surface area contributed by atoms with Crippen molar-refractivity contribution in [2.75, 3.05) is 0 Å². The van der Waals surface area contributed by atoms with E-state index in [2.05, 4.69) is 0 Å². The summed E-state index contributed by atoms with van der Waals surface area (Å²) in [6, 6.07) is 13.7. The van der Waals surface area contributed by atoms with Crippen molar-refractivity contribution >= 4 is 0 Å². The Kier molecular flexibility index (Phi) is 5.13. The van der Waals surface area contributed by atoms with Gasteiger partial charge >= 0.3 is 0 Å². The lowest BCUT2D eigenvalue weighted by molar-refractivity contribution is 0.463. The summed E-state index contributed by atoms with van der Waals surface area (Å²) in [5.74, 6) is 0.967. The molecule has 3 nitrogen and oxygen atoms in total. The molecule has 0 aliphatic carbocycles. The highest BCUT2D eigenvalue weighted by atomic mass is 16.3. The van der Waals surface area contributed by atoms with Crippen molar-refractivity contribution < 1.29 is 15.3 Å². The van der Waals surface area contributed by atoms with E-state index in [1.54, 1.807) is 0 Å². The third-order valence-corrected chi connectivity index (χ3v) is 5.09. The first-order valence-electron chi connectivity index (χ1n) is 9.14. The third kappa shape index (κ3) is 3.92. The number of benzene rings is 3. The van der Waals surface area contributed by atoms with Crippen molar-refractivity contribution in [3.63, 3.8) is 0 Å². The van der Waals surface area contributed by atoms with Crippen LogP contribution in [0.15, 0.2) is 42.5 Å². The minimum Gasteiger partial charge on any atom is -0.507 e. The average Bonchev–Trinajstić information content (AvgIpc) is 2.61. The Labute approximate surface area is 160 Å². The molecule has 0 atom stereocenters. The van der Waals surface area contributed by atoms with Crippen LogP contribution < -0.4 is 0 Å². The standard InChI is InChI=1S/C24H26O3/c1-14-8-18(9-15(2)22(14)25)12-20-6-5-7-21(24(20)27)13-19-10-16(3)23(26)17(4)11-19/h5-11,25-27H,12-13H2,1-4H3. The molecule has 0 aromatic heterocycles. The number of hydrogen-bond acceptors (Lipinski definition) is 3. The molecule has 0 unspecified atom stereocenters. The van der Waals surface area contributed by atoms with Gasteiger partial charge in [0, 0.05) is 12.8 Å². The Morgan fingerprint density at radius 1 is 0.556 bits per heavy atom. The molecule has 0 amide bonds. The maximum absolute atomic E-state index is 10.8. The summed E-state index contributed by atoms with van der Waals surface area (Å²) in [7, 11) is 0. The van der Waals surface area contributed by atoms with Crippen molar-refractivity contribution in [2.45, 2.75) is 40.5 Å². The number of phenolic OH excluding ortho intramolecular Hbond substituents is 3. The molecule has 27 heavy (non-hydrogen) atoms. The molecule has 0 heterocycles. The number of aryl methyl sites for hydroxylation is 4. The van der Waals surface area contributed by atoms with E-state index >= 15 is 0 Å². The molecule has 140 valence electrons. The summed E-state index contributed by atoms with van der Waals surface area (Å²) in [6.07, 6.45) is 1.21. The lowest BCUT2D eigenvalue weighted by Crippen LogP contribution is -1.96. The van der Waals surface area contributed by atoms with Crippen LogP contribution in [0.25, 0.3) is 0 Å². The fraction of sp³-hybridized carbons (Fsp3) is 0.250. The third-order valence-electron chi connectivity index (χ3n) is 5.09. The van der Waals surface area contributed by atoms with Crippen LogP contribution in [0, 0.1) is 27.7 Å². The van der Waals surface area contributed by atoms with E-state index < -0.39 is 0 Å². The normalized spacial score (nSPS) is 11.0. The number of hydrogen-bond donors (Lipinski definition) is 3. The Morgan fingerprint density at radius 2 is 0.889 bits per heavy atom. The number of aromatic hydroxyl groups is 3. The fourth-order valence-electron chi connectivity index (χ4n) is 3.66. The van der Waals surface area contributed by atoms with E-state index in [0.29, 0.717) is 30.1 Å². The molecule has 3 aromatic rings. The summed E-state index contributed by atoms with van der Waals surface area (Å²) >= 11 is 0. The molecule has 0 aliphatic heterocycles. The number of rotatable bonds is 4. The van der Waals surface area contributed by atoms with Crippen molar-refractivity contribution in [1.29, 1.82) is 0 Å². The van der Waals surface area contributed by atoms with Gasteiger partial charge in [-0.2, -0.15) is 0 Å². The van der Waals surface area contributed by atoms with Crippen molar-refractivity contribution in [2.24, 2.45) is 0 Å². The SMILES string of the molecule is Cc1cc(Cc2cccc(Cc3cc(C)c(O)c(C)c3)c2O)cc(C)c1O. The maximum atomic E-state index is 10.8. The van der Waals surface area contributed by atoms with Gasteiger partial charge < -0.3 is 15.3 Å². The van der Waals surface area contributed by atoms with Gasteiger partial charge in [0.05, 0.1) is 0 Å². The van der Waals surface area contributed by atoms with Gasteiger partial charge in [0.25, 0.3) is 0 Å². The lowest BCUT2D eigenvalue weighted by atomic mass is 9.95. The molecule has 0 aliphatic rings. The van der Waals surface area contributed by atoms with E-state index in [1.165, 1.54) is 0 Å². The second-order valence-electron chi connectivity index (χ2n) is 7.43. The van der Waals surface area contributed by atoms with Crippen LogP contribution in [0.4, 0.5) is 0 Å². The Balaban J connectivity index is 1.90. The first-order valence-corrected chi connectivity index (χ1v) is 9.14. The van der Waals surface area contributed by atoms with Crippen molar-refractivity contribution in [1.82, 2.24) is 0 Å². The highest BCUT2D eigenvalue weighted by Crippen LogP contribution is 2.31. The largest absolute Gasteiger partial charge is 0.507 e. The quantitative estimate of drug-likeness (QED) is 0.596. The van der Waals surface area contributed by atoms with Crippen LogP contribution >= 0.6 is 0 Å². The van der Waals surface area contributed by atoms with Crippen LogP contribution in [0.5, 0.6) is 17.2 Å². The molecule has 3 rings (SSSR count). The molecule has 0 radical (unpaired) electrons. The Bertz CT molecular complexity index is 879. The molecule has 0 saturated carbocycles. The summed E-state index contributed by atoms with van der Waals surface area (Å²) in [5, 5.41) is 30.7. The van der Waals surface area contributed by atoms with Gasteiger partial charge in [-0.1, -0.05) is 42.5 Å². The molecule has 0 saturated heterocycles. The van der Waals surface area contributed by atoms with Crippen molar-refractivity contribution in [3.8, 4) is 17.2 Å². The van der Waals surface area contributed by atoms with Crippen LogP contribution in [0.2, 0.25) is 0 Å². The molecule has 0 bridgehead atoms. The van der Waals surface area contributed by atoms with Gasteiger partial charge in [0.15, 0.2) is 0 Å². The van der Waals surface area contributed by atoms with Gasteiger partial charge in [-0.15, -0.1) is 0 Å². The summed E-state index contributed by atoms with van der Waals surface area (Å²) in [6.45, 7) is 7.55. The summed E-state index contributed by atoms with van der Waals surface area (Å²) < 4.78 is 0. The molecular formula is C24H26O3. The first kappa shape index (κ1) is 18.8. The van der Waals surface area contributed by atoms with Gasteiger partial charge in [0.2, 0.25) is 0 Å². The maximum Gasteiger partial charge on any atom is 0.122 e.